The number of carbonyl (C=O) groups excluding carboxylic acids is 1. The van der Waals surface area contributed by atoms with Crippen molar-refractivity contribution in [2.24, 2.45) is 5.41 Å². The van der Waals surface area contributed by atoms with Gasteiger partial charge < -0.3 is 10.1 Å². The van der Waals surface area contributed by atoms with Crippen LogP contribution in [0.2, 0.25) is 0 Å². The van der Waals surface area contributed by atoms with E-state index >= 15 is 0 Å². The fraction of sp³-hybridized carbons (Fsp3) is 0.250. The Hall–Kier alpha value is -2.55. The van der Waals surface area contributed by atoms with Crippen LogP contribution in [0.25, 0.3) is 21.5 Å². The molecule has 1 fully saturated rings. The Morgan fingerprint density at radius 3 is 2.43 bits per heavy atom. The Balaban J connectivity index is 2.03. The van der Waals surface area contributed by atoms with Crippen LogP contribution in [0.4, 0.5) is 4.79 Å². The molecule has 3 heteroatoms. The highest BCUT2D eigenvalue weighted by atomic mass is 16.6. The van der Waals surface area contributed by atoms with Gasteiger partial charge in [-0.05, 0) is 33.2 Å². The Bertz CT molecular complexity index is 914. The van der Waals surface area contributed by atoms with E-state index in [4.69, 9.17) is 4.74 Å². The van der Waals surface area contributed by atoms with E-state index in [0.717, 1.165) is 5.56 Å². The van der Waals surface area contributed by atoms with Crippen LogP contribution in [0.1, 0.15) is 25.5 Å². The van der Waals surface area contributed by atoms with Gasteiger partial charge in [-0.2, -0.15) is 0 Å². The predicted molar refractivity (Wildman–Crippen MR) is 92.5 cm³/mol. The van der Waals surface area contributed by atoms with Gasteiger partial charge in [-0.15, -0.1) is 0 Å². The maximum absolute atomic E-state index is 11.8. The second-order valence-corrected chi connectivity index (χ2v) is 6.87. The number of benzene rings is 3. The van der Waals surface area contributed by atoms with Crippen molar-refractivity contribution < 1.29 is 9.53 Å². The molecule has 1 aliphatic heterocycles. The summed E-state index contributed by atoms with van der Waals surface area (Å²) >= 11 is 0. The average molecular weight is 305 g/mol. The lowest BCUT2D eigenvalue weighted by molar-refractivity contribution is 0.0392. The van der Waals surface area contributed by atoms with Crippen molar-refractivity contribution in [1.82, 2.24) is 5.32 Å². The van der Waals surface area contributed by atoms with Gasteiger partial charge in [-0.3, -0.25) is 0 Å². The van der Waals surface area contributed by atoms with Crippen molar-refractivity contribution in [2.45, 2.75) is 19.9 Å². The molecule has 1 atom stereocenters. The number of fused-ring (bicyclic) bond motifs is 3. The molecule has 0 spiro atoms. The van der Waals surface area contributed by atoms with E-state index in [1.165, 1.54) is 21.5 Å². The number of rotatable bonds is 1. The number of alkyl carbamates (subject to hydrolysis) is 1. The van der Waals surface area contributed by atoms with Crippen LogP contribution in [0.5, 0.6) is 0 Å². The molecule has 3 aromatic rings. The Labute approximate surface area is 135 Å². The molecular formula is C20H19NO2. The van der Waals surface area contributed by atoms with Gasteiger partial charge in [0.15, 0.2) is 0 Å². The molecule has 3 aromatic carbocycles. The standard InChI is InChI=1S/C20H19NO2/c1-20(2)12-23-19(22)21-18(20)17-11-13-7-3-4-8-14(13)15-9-5-6-10-16(15)17/h3-11,18H,12H2,1-2H3,(H,21,22)/t18-/m0/s1. The van der Waals surface area contributed by atoms with Crippen LogP contribution in [0, 0.1) is 5.41 Å². The van der Waals surface area contributed by atoms with Crippen molar-refractivity contribution in [2.75, 3.05) is 6.61 Å². The van der Waals surface area contributed by atoms with Crippen molar-refractivity contribution in [3.8, 4) is 0 Å². The lowest BCUT2D eigenvalue weighted by Gasteiger charge is -2.39. The molecule has 0 unspecified atom stereocenters. The Morgan fingerprint density at radius 2 is 1.65 bits per heavy atom. The molecule has 23 heavy (non-hydrogen) atoms. The first-order chi connectivity index (χ1) is 11.1. The normalized spacial score (nSPS) is 20.3. The first kappa shape index (κ1) is 14.1. The van der Waals surface area contributed by atoms with Gasteiger partial charge >= 0.3 is 6.09 Å². The number of ether oxygens (including phenoxy) is 1. The van der Waals surface area contributed by atoms with Gasteiger partial charge in [0, 0.05) is 5.41 Å². The Morgan fingerprint density at radius 1 is 1.00 bits per heavy atom. The third-order valence-electron chi connectivity index (χ3n) is 4.73. The predicted octanol–water partition coefficient (Wildman–Crippen LogP) is 4.80. The number of hydrogen-bond donors (Lipinski definition) is 1. The molecule has 1 heterocycles. The van der Waals surface area contributed by atoms with Crippen LogP contribution in [-0.2, 0) is 4.74 Å². The molecule has 3 nitrogen and oxygen atoms in total. The minimum Gasteiger partial charge on any atom is -0.449 e. The van der Waals surface area contributed by atoms with E-state index in [2.05, 4.69) is 73.8 Å². The number of nitrogens with one attached hydrogen (secondary N) is 1. The molecule has 1 amide bonds. The molecule has 1 N–H and O–H groups in total. The fourth-order valence-electron chi connectivity index (χ4n) is 3.51. The minimum absolute atomic E-state index is 0.0711. The zero-order valence-electron chi connectivity index (χ0n) is 13.3. The van der Waals surface area contributed by atoms with Gasteiger partial charge in [0.25, 0.3) is 0 Å². The summed E-state index contributed by atoms with van der Waals surface area (Å²) in [6.07, 6.45) is -0.341. The summed E-state index contributed by atoms with van der Waals surface area (Å²) in [6, 6.07) is 18.9. The highest BCUT2D eigenvalue weighted by Crippen LogP contribution is 2.41. The third kappa shape index (κ3) is 2.24. The molecular weight excluding hydrogens is 286 g/mol. The maximum Gasteiger partial charge on any atom is 0.407 e. The summed E-state index contributed by atoms with van der Waals surface area (Å²) in [5.41, 5.74) is 0.986. The van der Waals surface area contributed by atoms with Crippen LogP contribution < -0.4 is 5.32 Å². The second-order valence-electron chi connectivity index (χ2n) is 6.87. The van der Waals surface area contributed by atoms with Crippen molar-refractivity contribution >= 4 is 27.6 Å². The molecule has 4 rings (SSSR count). The van der Waals surface area contributed by atoms with Crippen molar-refractivity contribution in [3.63, 3.8) is 0 Å². The van der Waals surface area contributed by atoms with Crippen molar-refractivity contribution in [3.05, 3.63) is 60.2 Å². The quantitative estimate of drug-likeness (QED) is 0.656. The lowest BCUT2D eigenvalue weighted by atomic mass is 9.78. The second kappa shape index (κ2) is 4.98. The van der Waals surface area contributed by atoms with Gasteiger partial charge in [-0.1, -0.05) is 62.4 Å². The SMILES string of the molecule is CC1(C)COC(=O)N[C@H]1c1cc2ccccc2c2ccccc12. The molecule has 0 aliphatic carbocycles. The summed E-state index contributed by atoms with van der Waals surface area (Å²) in [4.78, 5) is 11.8. The van der Waals surface area contributed by atoms with E-state index in [1.54, 1.807) is 0 Å². The lowest BCUT2D eigenvalue weighted by Crippen LogP contribution is -2.47. The van der Waals surface area contributed by atoms with E-state index < -0.39 is 0 Å². The van der Waals surface area contributed by atoms with Crippen LogP contribution in [0.15, 0.2) is 54.6 Å². The van der Waals surface area contributed by atoms with E-state index in [1.807, 2.05) is 0 Å². The summed E-state index contributed by atoms with van der Waals surface area (Å²) in [5.74, 6) is 0. The first-order valence-corrected chi connectivity index (χ1v) is 7.90. The summed E-state index contributed by atoms with van der Waals surface area (Å²) in [5, 5.41) is 7.86. The summed E-state index contributed by atoms with van der Waals surface area (Å²) < 4.78 is 5.19. The molecule has 116 valence electrons. The topological polar surface area (TPSA) is 38.3 Å². The number of cyclic esters (lactones) is 1. The number of carbonyl (C=O) groups is 1. The fourth-order valence-corrected chi connectivity index (χ4v) is 3.51. The monoisotopic (exact) mass is 305 g/mol. The summed E-state index contributed by atoms with van der Waals surface area (Å²) in [7, 11) is 0. The minimum atomic E-state index is -0.341. The molecule has 1 aliphatic rings. The molecule has 1 saturated heterocycles. The third-order valence-corrected chi connectivity index (χ3v) is 4.73. The van der Waals surface area contributed by atoms with Gasteiger partial charge in [0.1, 0.15) is 6.61 Å². The zero-order chi connectivity index (χ0) is 16.0. The van der Waals surface area contributed by atoms with Gasteiger partial charge in [0.05, 0.1) is 6.04 Å². The van der Waals surface area contributed by atoms with Crippen LogP contribution in [-0.4, -0.2) is 12.7 Å². The largest absolute Gasteiger partial charge is 0.449 e. The van der Waals surface area contributed by atoms with Gasteiger partial charge in [0.2, 0.25) is 0 Å². The maximum atomic E-state index is 11.8. The highest BCUT2D eigenvalue weighted by Gasteiger charge is 2.38. The van der Waals surface area contributed by atoms with E-state index in [0.29, 0.717) is 6.61 Å². The molecule has 0 radical (unpaired) electrons. The smallest absolute Gasteiger partial charge is 0.407 e. The van der Waals surface area contributed by atoms with E-state index in [9.17, 15) is 4.79 Å². The van der Waals surface area contributed by atoms with Crippen LogP contribution in [0.3, 0.4) is 0 Å². The molecule has 0 aromatic heterocycles. The Kier molecular flexibility index (Phi) is 3.05. The van der Waals surface area contributed by atoms with Gasteiger partial charge in [-0.25, -0.2) is 4.79 Å². The number of amides is 1. The number of hydrogen-bond acceptors (Lipinski definition) is 2. The molecule has 0 saturated carbocycles. The average Bonchev–Trinajstić information content (AvgIpc) is 2.56. The molecule has 0 bridgehead atoms. The summed E-state index contributed by atoms with van der Waals surface area (Å²) in [6.45, 7) is 4.67. The van der Waals surface area contributed by atoms with E-state index in [-0.39, 0.29) is 17.6 Å². The van der Waals surface area contributed by atoms with Crippen LogP contribution >= 0.6 is 0 Å². The van der Waals surface area contributed by atoms with Crippen molar-refractivity contribution in [1.29, 1.82) is 0 Å². The highest BCUT2D eigenvalue weighted by molar-refractivity contribution is 6.09. The first-order valence-electron chi connectivity index (χ1n) is 7.90. The zero-order valence-corrected chi connectivity index (χ0v) is 13.3.